The van der Waals surface area contributed by atoms with Crippen LogP contribution in [0.2, 0.25) is 15.1 Å². The Morgan fingerprint density at radius 3 is 1.80 bits per heavy atom. The zero-order chi connectivity index (χ0) is 7.72. The molecule has 0 fully saturated rings. The van der Waals surface area contributed by atoms with Crippen LogP contribution in [0.4, 0.5) is 4.39 Å². The first-order valence-electron chi connectivity index (χ1n) is 2.41. The van der Waals surface area contributed by atoms with Crippen LogP contribution in [0.3, 0.4) is 0 Å². The van der Waals surface area contributed by atoms with Crippen LogP contribution >= 0.6 is 34.8 Å². The largest absolute Gasteiger partial charge is 0.204 e. The van der Waals surface area contributed by atoms with Crippen LogP contribution in [0.1, 0.15) is 0 Å². The van der Waals surface area contributed by atoms with Gasteiger partial charge in [0.1, 0.15) is 0 Å². The highest BCUT2D eigenvalue weighted by Crippen LogP contribution is 2.26. The molecular weight excluding hydrogens is 197 g/mol. The van der Waals surface area contributed by atoms with Gasteiger partial charge in [-0.05, 0) is 12.1 Å². The standard InChI is InChI=1S/C6H2Cl3F/c7-3-1-4(8)6(10)5(9)2-3/h1-2H. The second-order valence-electron chi connectivity index (χ2n) is 1.68. The summed E-state index contributed by atoms with van der Waals surface area (Å²) >= 11 is 16.2. The molecule has 1 aromatic carbocycles. The number of benzene rings is 1. The van der Waals surface area contributed by atoms with Crippen molar-refractivity contribution in [3.63, 3.8) is 0 Å². The zero-order valence-corrected chi connectivity index (χ0v) is 6.93. The molecule has 0 unspecified atom stereocenters. The maximum Gasteiger partial charge on any atom is 0.160 e. The summed E-state index contributed by atoms with van der Waals surface area (Å²) in [6.45, 7) is 0. The Bertz CT molecular complexity index is 236. The predicted molar refractivity (Wildman–Crippen MR) is 41.4 cm³/mol. The summed E-state index contributed by atoms with van der Waals surface area (Å²) in [7, 11) is 0. The first-order chi connectivity index (χ1) is 4.61. The third kappa shape index (κ3) is 1.54. The van der Waals surface area contributed by atoms with Gasteiger partial charge in [0.05, 0.1) is 10.0 Å². The van der Waals surface area contributed by atoms with Crippen molar-refractivity contribution in [3.8, 4) is 0 Å². The molecule has 0 saturated heterocycles. The minimum absolute atomic E-state index is 0.0579. The first kappa shape index (κ1) is 8.12. The first-order valence-corrected chi connectivity index (χ1v) is 3.54. The summed E-state index contributed by atoms with van der Waals surface area (Å²) < 4.78 is 12.6. The molecular formula is C6H2Cl3F. The van der Waals surface area contributed by atoms with E-state index in [9.17, 15) is 4.39 Å². The van der Waals surface area contributed by atoms with E-state index < -0.39 is 5.82 Å². The van der Waals surface area contributed by atoms with Crippen molar-refractivity contribution in [2.75, 3.05) is 0 Å². The maximum absolute atomic E-state index is 12.6. The summed E-state index contributed by atoms with van der Waals surface area (Å²) in [5.74, 6) is -0.632. The van der Waals surface area contributed by atoms with Crippen molar-refractivity contribution in [3.05, 3.63) is 33.0 Å². The van der Waals surface area contributed by atoms with Crippen LogP contribution in [0, 0.1) is 5.82 Å². The minimum atomic E-state index is -0.632. The molecule has 0 aliphatic carbocycles. The Balaban J connectivity index is 3.31. The SMILES string of the molecule is Fc1c(Cl)cc(Cl)cc1Cl. The van der Waals surface area contributed by atoms with Gasteiger partial charge < -0.3 is 0 Å². The van der Waals surface area contributed by atoms with Gasteiger partial charge in [-0.2, -0.15) is 0 Å². The minimum Gasteiger partial charge on any atom is -0.204 e. The average molecular weight is 199 g/mol. The smallest absolute Gasteiger partial charge is 0.160 e. The molecule has 0 amide bonds. The van der Waals surface area contributed by atoms with Crippen LogP contribution in [0.15, 0.2) is 12.1 Å². The predicted octanol–water partition coefficient (Wildman–Crippen LogP) is 3.79. The van der Waals surface area contributed by atoms with E-state index in [0.717, 1.165) is 0 Å². The summed E-state index contributed by atoms with van der Waals surface area (Å²) in [6.07, 6.45) is 0. The summed E-state index contributed by atoms with van der Waals surface area (Å²) in [4.78, 5) is 0. The van der Waals surface area contributed by atoms with Crippen molar-refractivity contribution >= 4 is 34.8 Å². The second-order valence-corrected chi connectivity index (χ2v) is 2.93. The highest BCUT2D eigenvalue weighted by Gasteiger charge is 2.05. The monoisotopic (exact) mass is 198 g/mol. The van der Waals surface area contributed by atoms with Crippen molar-refractivity contribution in [1.29, 1.82) is 0 Å². The van der Waals surface area contributed by atoms with Gasteiger partial charge in [-0.3, -0.25) is 0 Å². The molecule has 0 aromatic heterocycles. The number of hydrogen-bond acceptors (Lipinski definition) is 0. The lowest BCUT2D eigenvalue weighted by Gasteiger charge is -1.96. The van der Waals surface area contributed by atoms with Crippen LogP contribution in [-0.4, -0.2) is 0 Å². The summed E-state index contributed by atoms with van der Waals surface area (Å²) in [5.41, 5.74) is 0. The van der Waals surface area contributed by atoms with E-state index in [2.05, 4.69) is 0 Å². The van der Waals surface area contributed by atoms with Crippen molar-refractivity contribution in [2.24, 2.45) is 0 Å². The molecule has 0 atom stereocenters. The van der Waals surface area contributed by atoms with E-state index in [1.807, 2.05) is 0 Å². The van der Waals surface area contributed by atoms with E-state index in [0.29, 0.717) is 5.02 Å². The lowest BCUT2D eigenvalue weighted by molar-refractivity contribution is 0.629. The van der Waals surface area contributed by atoms with Gasteiger partial charge in [-0.25, -0.2) is 4.39 Å². The van der Waals surface area contributed by atoms with Gasteiger partial charge in [0.15, 0.2) is 5.82 Å². The molecule has 1 rings (SSSR count). The van der Waals surface area contributed by atoms with E-state index in [1.54, 1.807) is 0 Å². The third-order valence-electron chi connectivity index (χ3n) is 0.949. The molecule has 54 valence electrons. The van der Waals surface area contributed by atoms with Crippen LogP contribution in [0.25, 0.3) is 0 Å². The Hall–Kier alpha value is 0.0200. The normalized spacial score (nSPS) is 10.0. The van der Waals surface area contributed by atoms with Gasteiger partial charge in [0.25, 0.3) is 0 Å². The summed E-state index contributed by atoms with van der Waals surface area (Å²) in [6, 6.07) is 2.59. The van der Waals surface area contributed by atoms with Gasteiger partial charge >= 0.3 is 0 Å². The van der Waals surface area contributed by atoms with Gasteiger partial charge in [-0.1, -0.05) is 34.8 Å². The Labute approximate surface area is 72.5 Å². The van der Waals surface area contributed by atoms with Crippen molar-refractivity contribution < 1.29 is 4.39 Å². The van der Waals surface area contributed by atoms with E-state index in [1.165, 1.54) is 12.1 Å². The lowest BCUT2D eigenvalue weighted by atomic mass is 10.3. The fourth-order valence-electron chi connectivity index (χ4n) is 0.525. The molecule has 0 aliphatic heterocycles. The molecule has 0 bridgehead atoms. The Morgan fingerprint density at radius 2 is 1.40 bits per heavy atom. The summed E-state index contributed by atoms with van der Waals surface area (Å²) in [5, 5.41) is 0.214. The Morgan fingerprint density at radius 1 is 1.00 bits per heavy atom. The van der Waals surface area contributed by atoms with Crippen LogP contribution < -0.4 is 0 Å². The van der Waals surface area contributed by atoms with E-state index in [-0.39, 0.29) is 10.0 Å². The van der Waals surface area contributed by atoms with Gasteiger partial charge in [-0.15, -0.1) is 0 Å². The third-order valence-corrected chi connectivity index (χ3v) is 1.72. The molecule has 0 aliphatic rings. The van der Waals surface area contributed by atoms with E-state index >= 15 is 0 Å². The average Bonchev–Trinajstić information content (AvgIpc) is 1.82. The second kappa shape index (κ2) is 2.95. The molecule has 1 aromatic rings. The molecule has 4 heteroatoms. The molecule has 0 spiro atoms. The van der Waals surface area contributed by atoms with Crippen molar-refractivity contribution in [1.82, 2.24) is 0 Å². The molecule has 0 N–H and O–H groups in total. The molecule has 0 nitrogen and oxygen atoms in total. The Kier molecular flexibility index (Phi) is 2.40. The highest BCUT2D eigenvalue weighted by atomic mass is 35.5. The molecule has 0 radical (unpaired) electrons. The fraction of sp³-hybridized carbons (Fsp3) is 0. The quantitative estimate of drug-likeness (QED) is 0.440. The van der Waals surface area contributed by atoms with E-state index in [4.69, 9.17) is 34.8 Å². The molecule has 10 heavy (non-hydrogen) atoms. The van der Waals surface area contributed by atoms with Crippen molar-refractivity contribution in [2.45, 2.75) is 0 Å². The highest BCUT2D eigenvalue weighted by molar-refractivity contribution is 6.38. The van der Waals surface area contributed by atoms with Crippen LogP contribution in [0.5, 0.6) is 0 Å². The number of rotatable bonds is 0. The zero-order valence-electron chi connectivity index (χ0n) is 4.67. The topological polar surface area (TPSA) is 0 Å². The number of hydrogen-bond donors (Lipinski definition) is 0. The lowest BCUT2D eigenvalue weighted by Crippen LogP contribution is -1.77. The molecule has 0 heterocycles. The van der Waals surface area contributed by atoms with Crippen LogP contribution in [-0.2, 0) is 0 Å². The maximum atomic E-state index is 12.6. The molecule has 0 saturated carbocycles. The van der Waals surface area contributed by atoms with Gasteiger partial charge in [0.2, 0.25) is 0 Å². The number of halogens is 4. The van der Waals surface area contributed by atoms with Gasteiger partial charge in [0, 0.05) is 5.02 Å². The fourth-order valence-corrected chi connectivity index (χ4v) is 1.34.